The molecule has 0 aromatic heterocycles. The number of rotatable bonds is 16. The monoisotopic (exact) mass is 639 g/mol. The van der Waals surface area contributed by atoms with Crippen LogP contribution in [0.3, 0.4) is 0 Å². The summed E-state index contributed by atoms with van der Waals surface area (Å²) in [6, 6.07) is 16.1. The topological polar surface area (TPSA) is 114 Å². The van der Waals surface area contributed by atoms with Crippen LogP contribution in [0.15, 0.2) is 65.6 Å². The molecule has 3 aromatic rings. The molecule has 3 rings (SSSR count). The molecule has 11 heteroatoms. The quantitative estimate of drug-likeness (QED) is 0.213. The molecular formula is C34H45N3O7S. The highest BCUT2D eigenvalue weighted by atomic mass is 32.2. The lowest BCUT2D eigenvalue weighted by atomic mass is 10.1. The Morgan fingerprint density at radius 2 is 1.56 bits per heavy atom. The van der Waals surface area contributed by atoms with E-state index in [1.165, 1.54) is 37.3 Å². The van der Waals surface area contributed by atoms with Crippen LogP contribution in [0.4, 0.5) is 5.69 Å². The van der Waals surface area contributed by atoms with E-state index in [1.54, 1.807) is 31.4 Å². The molecule has 0 saturated heterocycles. The maximum Gasteiger partial charge on any atom is 0.264 e. The maximum atomic E-state index is 14.4. The Morgan fingerprint density at radius 3 is 2.16 bits per heavy atom. The van der Waals surface area contributed by atoms with Crippen LogP contribution in [0, 0.1) is 13.8 Å². The highest BCUT2D eigenvalue weighted by Gasteiger charge is 2.34. The number of hydrogen-bond donors (Lipinski definition) is 1. The van der Waals surface area contributed by atoms with Crippen LogP contribution in [0.5, 0.6) is 17.2 Å². The summed E-state index contributed by atoms with van der Waals surface area (Å²) in [5.41, 5.74) is 2.74. The third-order valence-corrected chi connectivity index (χ3v) is 9.19. The molecule has 10 nitrogen and oxygen atoms in total. The van der Waals surface area contributed by atoms with Crippen molar-refractivity contribution in [1.82, 2.24) is 10.2 Å². The minimum absolute atomic E-state index is 0.0733. The first-order valence-electron chi connectivity index (χ1n) is 15.0. The molecule has 2 amide bonds. The van der Waals surface area contributed by atoms with Crippen molar-refractivity contribution in [1.29, 1.82) is 0 Å². The van der Waals surface area contributed by atoms with E-state index in [2.05, 4.69) is 5.32 Å². The molecule has 0 aliphatic carbocycles. The first-order chi connectivity index (χ1) is 21.5. The molecule has 0 heterocycles. The van der Waals surface area contributed by atoms with Gasteiger partial charge in [0.15, 0.2) is 11.5 Å². The molecular weight excluding hydrogens is 594 g/mol. The number of amides is 2. The molecule has 1 atom stereocenters. The van der Waals surface area contributed by atoms with E-state index in [4.69, 9.17) is 14.2 Å². The van der Waals surface area contributed by atoms with Crippen molar-refractivity contribution in [2.45, 2.75) is 64.4 Å². The second kappa shape index (κ2) is 16.2. The van der Waals surface area contributed by atoms with Gasteiger partial charge in [-0.3, -0.25) is 13.9 Å². The van der Waals surface area contributed by atoms with Crippen LogP contribution < -0.4 is 23.8 Å². The van der Waals surface area contributed by atoms with E-state index in [-0.39, 0.29) is 23.1 Å². The summed E-state index contributed by atoms with van der Waals surface area (Å²) in [4.78, 5) is 29.2. The molecule has 0 saturated carbocycles. The first-order valence-corrected chi connectivity index (χ1v) is 16.5. The summed E-state index contributed by atoms with van der Waals surface area (Å²) in [5.74, 6) is 0.393. The third-order valence-electron chi connectivity index (χ3n) is 7.42. The van der Waals surface area contributed by atoms with Gasteiger partial charge in [-0.25, -0.2) is 8.42 Å². The normalized spacial score (nSPS) is 11.8. The molecule has 0 unspecified atom stereocenters. The summed E-state index contributed by atoms with van der Waals surface area (Å²) >= 11 is 0. The van der Waals surface area contributed by atoms with Crippen molar-refractivity contribution < 1.29 is 32.2 Å². The van der Waals surface area contributed by atoms with Crippen molar-refractivity contribution >= 4 is 27.5 Å². The molecule has 0 aliphatic rings. The number of hydrogen-bond acceptors (Lipinski definition) is 7. The predicted octanol–water partition coefficient (Wildman–Crippen LogP) is 5.25. The van der Waals surface area contributed by atoms with Gasteiger partial charge in [0.25, 0.3) is 10.0 Å². The van der Waals surface area contributed by atoms with E-state index >= 15 is 0 Å². The molecule has 3 aromatic carbocycles. The SMILES string of the molecule is CCCCNC(=O)[C@H](CC)N(Cc1cccc(OC)c1)C(=O)CN(c1cc(C)cc(C)c1)S(=O)(=O)c1ccc(OC)c(OC)c1. The molecule has 0 fully saturated rings. The van der Waals surface area contributed by atoms with Gasteiger partial charge >= 0.3 is 0 Å². The number of unbranched alkanes of at least 4 members (excludes halogenated alkanes) is 1. The minimum Gasteiger partial charge on any atom is -0.497 e. The second-order valence-corrected chi connectivity index (χ2v) is 12.7. The van der Waals surface area contributed by atoms with E-state index in [0.29, 0.717) is 30.2 Å². The number of methoxy groups -OCH3 is 3. The number of aryl methyl sites for hydroxylation is 2. The highest BCUT2D eigenvalue weighted by molar-refractivity contribution is 7.92. The number of benzene rings is 3. The summed E-state index contributed by atoms with van der Waals surface area (Å²) < 4.78 is 45.8. The Bertz CT molecular complexity index is 1560. The van der Waals surface area contributed by atoms with Crippen LogP contribution >= 0.6 is 0 Å². The number of nitrogens with zero attached hydrogens (tertiary/aromatic N) is 2. The van der Waals surface area contributed by atoms with Gasteiger partial charge in [0.2, 0.25) is 11.8 Å². The second-order valence-electron chi connectivity index (χ2n) is 10.8. The van der Waals surface area contributed by atoms with Crippen LogP contribution in [-0.2, 0) is 26.2 Å². The molecule has 0 radical (unpaired) electrons. The molecule has 0 aliphatic heterocycles. The van der Waals surface area contributed by atoms with Crippen molar-refractivity contribution in [3.63, 3.8) is 0 Å². The average molecular weight is 640 g/mol. The van der Waals surface area contributed by atoms with Gasteiger partial charge in [0, 0.05) is 19.2 Å². The Kier molecular flexibility index (Phi) is 12.7. The minimum atomic E-state index is -4.30. The smallest absolute Gasteiger partial charge is 0.264 e. The van der Waals surface area contributed by atoms with Crippen molar-refractivity contribution in [2.24, 2.45) is 0 Å². The van der Waals surface area contributed by atoms with E-state index < -0.39 is 28.5 Å². The lowest BCUT2D eigenvalue weighted by Crippen LogP contribution is -2.52. The van der Waals surface area contributed by atoms with E-state index in [9.17, 15) is 18.0 Å². The molecule has 1 N–H and O–H groups in total. The fourth-order valence-corrected chi connectivity index (χ4v) is 6.53. The van der Waals surface area contributed by atoms with Gasteiger partial charge in [0.1, 0.15) is 18.3 Å². The van der Waals surface area contributed by atoms with Gasteiger partial charge < -0.3 is 24.4 Å². The van der Waals surface area contributed by atoms with E-state index in [1.807, 2.05) is 45.9 Å². The number of nitrogens with one attached hydrogen (secondary N) is 1. The van der Waals surface area contributed by atoms with Gasteiger partial charge in [-0.05, 0) is 79.8 Å². The lowest BCUT2D eigenvalue weighted by Gasteiger charge is -2.33. The summed E-state index contributed by atoms with van der Waals surface area (Å²) in [6.07, 6.45) is 2.04. The number of carbonyl (C=O) groups excluding carboxylic acids is 2. The van der Waals surface area contributed by atoms with Crippen molar-refractivity contribution in [2.75, 3.05) is 38.7 Å². The Morgan fingerprint density at radius 1 is 0.867 bits per heavy atom. The summed E-state index contributed by atoms with van der Waals surface area (Å²) in [5, 5.41) is 2.94. The van der Waals surface area contributed by atoms with Crippen LogP contribution in [0.25, 0.3) is 0 Å². The molecule has 244 valence electrons. The zero-order chi connectivity index (χ0) is 33.1. The zero-order valence-corrected chi connectivity index (χ0v) is 28.1. The molecule has 0 spiro atoms. The standard InChI is InChI=1S/C34H45N3O7S/c1-8-10-16-35-34(39)30(9-2)36(22-26-12-11-13-28(20-26)42-5)33(38)23-37(27-18-24(3)17-25(4)19-27)45(40,41)29-14-15-31(43-6)32(21-29)44-7/h11-15,17-21,30H,8-10,16,22-23H2,1-7H3,(H,35,39)/t30-/m0/s1. The van der Waals surface area contributed by atoms with Gasteiger partial charge in [-0.1, -0.05) is 38.5 Å². The van der Waals surface area contributed by atoms with Crippen LogP contribution in [-0.4, -0.2) is 65.6 Å². The van der Waals surface area contributed by atoms with Crippen LogP contribution in [0.2, 0.25) is 0 Å². The van der Waals surface area contributed by atoms with Gasteiger partial charge in [0.05, 0.1) is 31.9 Å². The first kappa shape index (κ1) is 35.2. The van der Waals surface area contributed by atoms with Crippen LogP contribution in [0.1, 0.15) is 49.8 Å². The Balaban J connectivity index is 2.12. The largest absolute Gasteiger partial charge is 0.497 e. The fraction of sp³-hybridized carbons (Fsp3) is 0.412. The Labute approximate surface area is 267 Å². The highest BCUT2D eigenvalue weighted by Crippen LogP contribution is 2.33. The fourth-order valence-electron chi connectivity index (χ4n) is 5.12. The van der Waals surface area contributed by atoms with Gasteiger partial charge in [-0.2, -0.15) is 0 Å². The van der Waals surface area contributed by atoms with E-state index in [0.717, 1.165) is 33.8 Å². The third kappa shape index (κ3) is 8.91. The number of carbonyl (C=O) groups is 2. The summed E-state index contributed by atoms with van der Waals surface area (Å²) in [6.45, 7) is 7.61. The van der Waals surface area contributed by atoms with Gasteiger partial charge in [-0.15, -0.1) is 0 Å². The number of anilines is 1. The van der Waals surface area contributed by atoms with Crippen molar-refractivity contribution in [3.05, 3.63) is 77.4 Å². The zero-order valence-electron chi connectivity index (χ0n) is 27.3. The number of ether oxygens (including phenoxy) is 3. The molecule has 0 bridgehead atoms. The number of sulfonamides is 1. The maximum absolute atomic E-state index is 14.4. The lowest BCUT2D eigenvalue weighted by molar-refractivity contribution is -0.140. The van der Waals surface area contributed by atoms with Crippen molar-refractivity contribution in [3.8, 4) is 17.2 Å². The Hall–Kier alpha value is -4.25. The average Bonchev–Trinajstić information content (AvgIpc) is 3.02. The molecule has 45 heavy (non-hydrogen) atoms. The summed E-state index contributed by atoms with van der Waals surface area (Å²) in [7, 11) is 0.144. The predicted molar refractivity (Wildman–Crippen MR) is 176 cm³/mol.